The Kier molecular flexibility index (Phi) is 3.66. The van der Waals surface area contributed by atoms with E-state index < -0.39 is 0 Å². The summed E-state index contributed by atoms with van der Waals surface area (Å²) in [5.41, 5.74) is 1.37. The molecule has 4 heteroatoms. The van der Waals surface area contributed by atoms with Crippen molar-refractivity contribution in [2.45, 2.75) is 30.8 Å². The zero-order chi connectivity index (χ0) is 15.1. The highest BCUT2D eigenvalue weighted by Crippen LogP contribution is 2.46. The first kappa shape index (κ1) is 14.2. The number of benzene rings is 1. The van der Waals surface area contributed by atoms with E-state index in [-0.39, 0.29) is 12.5 Å². The zero-order valence-corrected chi connectivity index (χ0v) is 13.1. The first-order valence-electron chi connectivity index (χ1n) is 8.37. The standard InChI is InChI=1S/C18H24N2O2/c1-22-12-16(21)20-11-15(13-5-3-2-4-6-13)18-17(20)14-7-9-19(18)10-8-14/h2-6,14-15,17-18H,7-12H2,1H3/t15-,17+,18+/m0/s1. The minimum absolute atomic E-state index is 0.157. The van der Waals surface area contributed by atoms with Crippen LogP contribution in [0.1, 0.15) is 24.3 Å². The van der Waals surface area contributed by atoms with E-state index in [1.54, 1.807) is 7.11 Å². The number of ether oxygens (including phenoxy) is 1. The van der Waals surface area contributed by atoms with Crippen LogP contribution < -0.4 is 0 Å². The van der Waals surface area contributed by atoms with Gasteiger partial charge in [0.2, 0.25) is 5.91 Å². The van der Waals surface area contributed by atoms with Gasteiger partial charge in [-0.3, -0.25) is 9.69 Å². The maximum absolute atomic E-state index is 12.5. The number of methoxy groups -OCH3 is 1. The summed E-state index contributed by atoms with van der Waals surface area (Å²) < 4.78 is 5.11. The second kappa shape index (κ2) is 5.67. The summed E-state index contributed by atoms with van der Waals surface area (Å²) in [4.78, 5) is 17.3. The second-order valence-electron chi connectivity index (χ2n) is 6.85. The predicted molar refractivity (Wildman–Crippen MR) is 84.6 cm³/mol. The molecule has 2 bridgehead atoms. The van der Waals surface area contributed by atoms with E-state index >= 15 is 0 Å². The summed E-state index contributed by atoms with van der Waals surface area (Å²) >= 11 is 0. The number of carbonyl (C=O) groups is 1. The molecule has 0 radical (unpaired) electrons. The monoisotopic (exact) mass is 300 g/mol. The quantitative estimate of drug-likeness (QED) is 0.852. The molecule has 4 aliphatic rings. The van der Waals surface area contributed by atoms with Crippen molar-refractivity contribution in [2.24, 2.45) is 5.92 Å². The lowest BCUT2D eigenvalue weighted by atomic mass is 9.75. The van der Waals surface area contributed by atoms with Crippen molar-refractivity contribution in [1.29, 1.82) is 0 Å². The highest BCUT2D eigenvalue weighted by molar-refractivity contribution is 5.78. The molecule has 5 rings (SSSR count). The topological polar surface area (TPSA) is 32.8 Å². The van der Waals surface area contributed by atoms with Crippen molar-refractivity contribution >= 4 is 5.91 Å². The molecular weight excluding hydrogens is 276 g/mol. The van der Waals surface area contributed by atoms with Crippen molar-refractivity contribution in [3.8, 4) is 0 Å². The van der Waals surface area contributed by atoms with Crippen molar-refractivity contribution in [3.63, 3.8) is 0 Å². The maximum Gasteiger partial charge on any atom is 0.248 e. The Morgan fingerprint density at radius 1 is 1.18 bits per heavy atom. The van der Waals surface area contributed by atoms with Gasteiger partial charge in [0.1, 0.15) is 6.61 Å². The van der Waals surface area contributed by atoms with Gasteiger partial charge in [-0.15, -0.1) is 0 Å². The van der Waals surface area contributed by atoms with Gasteiger partial charge in [0.05, 0.1) is 6.04 Å². The van der Waals surface area contributed by atoms with E-state index in [0.717, 1.165) is 6.54 Å². The van der Waals surface area contributed by atoms with Crippen LogP contribution in [0.5, 0.6) is 0 Å². The summed E-state index contributed by atoms with van der Waals surface area (Å²) in [6.45, 7) is 3.44. The molecule has 22 heavy (non-hydrogen) atoms. The summed E-state index contributed by atoms with van der Waals surface area (Å²) in [6, 6.07) is 11.6. The van der Waals surface area contributed by atoms with Gasteiger partial charge in [-0.2, -0.15) is 0 Å². The van der Waals surface area contributed by atoms with Crippen LogP contribution in [-0.4, -0.2) is 61.1 Å². The third kappa shape index (κ3) is 2.17. The van der Waals surface area contributed by atoms with Crippen LogP contribution in [-0.2, 0) is 9.53 Å². The average Bonchev–Trinajstić information content (AvgIpc) is 3.00. The Hall–Kier alpha value is -1.39. The summed E-state index contributed by atoms with van der Waals surface area (Å²) in [6.07, 6.45) is 2.47. The van der Waals surface area contributed by atoms with E-state index in [9.17, 15) is 4.79 Å². The molecule has 4 aliphatic heterocycles. The molecule has 0 N–H and O–H groups in total. The number of likely N-dealkylation sites (tertiary alicyclic amines) is 1. The largest absolute Gasteiger partial charge is 0.375 e. The SMILES string of the molecule is COCC(=O)N1C[C@@H](c2ccccc2)[C@@H]2[C@H]1C1CCN2CC1. The fourth-order valence-corrected chi connectivity index (χ4v) is 4.90. The van der Waals surface area contributed by atoms with E-state index in [1.807, 2.05) is 0 Å². The Balaban J connectivity index is 1.68. The first-order chi connectivity index (χ1) is 10.8. The molecule has 3 atom stereocenters. The number of hydrogen-bond donors (Lipinski definition) is 0. The van der Waals surface area contributed by atoms with Crippen LogP contribution >= 0.6 is 0 Å². The Bertz CT molecular complexity index is 539. The Morgan fingerprint density at radius 3 is 2.59 bits per heavy atom. The highest BCUT2D eigenvalue weighted by Gasteiger charge is 2.54. The van der Waals surface area contributed by atoms with Gasteiger partial charge in [0.25, 0.3) is 0 Å². The number of amides is 1. The molecule has 1 amide bonds. The molecule has 1 aromatic rings. The van der Waals surface area contributed by atoms with Gasteiger partial charge >= 0.3 is 0 Å². The van der Waals surface area contributed by atoms with Gasteiger partial charge in [0, 0.05) is 25.6 Å². The molecule has 0 aliphatic carbocycles. The van der Waals surface area contributed by atoms with Crippen LogP contribution in [0.15, 0.2) is 30.3 Å². The summed E-state index contributed by atoms with van der Waals surface area (Å²) in [5.74, 6) is 1.27. The third-order valence-corrected chi connectivity index (χ3v) is 5.81. The number of rotatable bonds is 3. The van der Waals surface area contributed by atoms with Crippen LogP contribution in [0.2, 0.25) is 0 Å². The lowest BCUT2D eigenvalue weighted by molar-refractivity contribution is -0.139. The molecular formula is C18H24N2O2. The molecule has 0 spiro atoms. The zero-order valence-electron chi connectivity index (χ0n) is 13.1. The average molecular weight is 300 g/mol. The highest BCUT2D eigenvalue weighted by atomic mass is 16.5. The van der Waals surface area contributed by atoms with Gasteiger partial charge < -0.3 is 9.64 Å². The molecule has 118 valence electrons. The molecule has 0 aromatic heterocycles. The van der Waals surface area contributed by atoms with E-state index in [1.165, 1.54) is 31.5 Å². The fourth-order valence-electron chi connectivity index (χ4n) is 4.90. The van der Waals surface area contributed by atoms with Crippen LogP contribution in [0.3, 0.4) is 0 Å². The fraction of sp³-hybridized carbons (Fsp3) is 0.611. The Morgan fingerprint density at radius 2 is 1.91 bits per heavy atom. The molecule has 4 fully saturated rings. The number of piperidine rings is 3. The van der Waals surface area contributed by atoms with Gasteiger partial charge in [-0.25, -0.2) is 0 Å². The van der Waals surface area contributed by atoms with Gasteiger partial charge in [0.15, 0.2) is 0 Å². The summed E-state index contributed by atoms with van der Waals surface area (Å²) in [5, 5.41) is 0. The smallest absolute Gasteiger partial charge is 0.248 e. The molecule has 4 saturated heterocycles. The van der Waals surface area contributed by atoms with Crippen LogP contribution in [0.4, 0.5) is 0 Å². The van der Waals surface area contributed by atoms with E-state index in [4.69, 9.17) is 4.74 Å². The third-order valence-electron chi connectivity index (χ3n) is 5.81. The minimum atomic E-state index is 0.157. The van der Waals surface area contributed by atoms with Gasteiger partial charge in [-0.1, -0.05) is 30.3 Å². The minimum Gasteiger partial charge on any atom is -0.375 e. The second-order valence-corrected chi connectivity index (χ2v) is 6.85. The molecule has 4 nitrogen and oxygen atoms in total. The molecule has 0 saturated carbocycles. The predicted octanol–water partition coefficient (Wildman–Crippen LogP) is 1.72. The molecule has 1 aromatic carbocycles. The number of hydrogen-bond acceptors (Lipinski definition) is 3. The van der Waals surface area contributed by atoms with Gasteiger partial charge in [-0.05, 0) is 37.4 Å². The summed E-state index contributed by atoms with van der Waals surface area (Å²) in [7, 11) is 1.61. The lowest BCUT2D eigenvalue weighted by Crippen LogP contribution is -2.61. The lowest BCUT2D eigenvalue weighted by Gasteiger charge is -2.51. The molecule has 4 heterocycles. The Labute approximate surface area is 132 Å². The van der Waals surface area contributed by atoms with E-state index in [2.05, 4.69) is 40.1 Å². The van der Waals surface area contributed by atoms with E-state index in [0.29, 0.717) is 23.9 Å². The molecule has 0 unspecified atom stereocenters. The first-order valence-corrected chi connectivity index (χ1v) is 8.37. The van der Waals surface area contributed by atoms with Crippen molar-refractivity contribution in [3.05, 3.63) is 35.9 Å². The number of fused-ring (bicyclic) bond motifs is 2. The van der Waals surface area contributed by atoms with Crippen molar-refractivity contribution < 1.29 is 9.53 Å². The number of carbonyl (C=O) groups excluding carboxylic acids is 1. The normalized spacial score (nSPS) is 36.4. The van der Waals surface area contributed by atoms with Crippen molar-refractivity contribution in [1.82, 2.24) is 9.80 Å². The van der Waals surface area contributed by atoms with Crippen molar-refractivity contribution in [2.75, 3.05) is 33.4 Å². The van der Waals surface area contributed by atoms with Crippen LogP contribution in [0.25, 0.3) is 0 Å². The maximum atomic E-state index is 12.5. The van der Waals surface area contributed by atoms with Crippen LogP contribution in [0, 0.1) is 5.92 Å². The number of nitrogens with zero attached hydrogens (tertiary/aromatic N) is 2.